The predicted molar refractivity (Wildman–Crippen MR) is 94.0 cm³/mol. The second-order valence-electron chi connectivity index (χ2n) is 6.04. The van der Waals surface area contributed by atoms with E-state index in [-0.39, 0.29) is 24.5 Å². The van der Waals surface area contributed by atoms with Gasteiger partial charge in [0.2, 0.25) is 5.91 Å². The molecule has 0 fully saturated rings. The van der Waals surface area contributed by atoms with Crippen LogP contribution in [0.3, 0.4) is 0 Å². The number of aryl methyl sites for hydroxylation is 1. The minimum atomic E-state index is -0.143. The average molecular weight is 339 g/mol. The van der Waals surface area contributed by atoms with Crippen LogP contribution in [-0.2, 0) is 11.3 Å². The number of ether oxygens (including phenoxy) is 2. The Kier molecular flexibility index (Phi) is 5.33. The van der Waals surface area contributed by atoms with Gasteiger partial charge in [0.1, 0.15) is 13.2 Å². The van der Waals surface area contributed by atoms with Gasteiger partial charge in [-0.3, -0.25) is 9.59 Å². The van der Waals surface area contributed by atoms with Gasteiger partial charge in [0, 0.05) is 24.9 Å². The average Bonchev–Trinajstić information content (AvgIpc) is 2.65. The van der Waals surface area contributed by atoms with Crippen LogP contribution in [0.1, 0.15) is 34.3 Å². The lowest BCUT2D eigenvalue weighted by atomic mass is 10.0. The van der Waals surface area contributed by atoms with Crippen LogP contribution in [0.25, 0.3) is 0 Å². The smallest absolute Gasteiger partial charge is 0.220 e. The Hall–Kier alpha value is -2.82. The molecule has 0 unspecified atom stereocenters. The Bertz CT molecular complexity index is 768. The third-order valence-corrected chi connectivity index (χ3v) is 4.05. The summed E-state index contributed by atoms with van der Waals surface area (Å²) in [4.78, 5) is 24.1. The monoisotopic (exact) mass is 339 g/mol. The first-order valence-electron chi connectivity index (χ1n) is 8.37. The van der Waals surface area contributed by atoms with Gasteiger partial charge in [-0.1, -0.05) is 35.9 Å². The minimum Gasteiger partial charge on any atom is -0.486 e. The van der Waals surface area contributed by atoms with Crippen LogP contribution in [0.15, 0.2) is 42.5 Å². The quantitative estimate of drug-likeness (QED) is 0.822. The Morgan fingerprint density at radius 3 is 2.44 bits per heavy atom. The Morgan fingerprint density at radius 1 is 0.960 bits per heavy atom. The van der Waals surface area contributed by atoms with Gasteiger partial charge >= 0.3 is 0 Å². The van der Waals surface area contributed by atoms with E-state index in [1.807, 2.05) is 37.3 Å². The van der Waals surface area contributed by atoms with Crippen molar-refractivity contribution in [2.45, 2.75) is 26.3 Å². The summed E-state index contributed by atoms with van der Waals surface area (Å²) in [5.41, 5.74) is 2.68. The summed E-state index contributed by atoms with van der Waals surface area (Å²) in [5.74, 6) is 1.27. The highest BCUT2D eigenvalue weighted by atomic mass is 16.6. The lowest BCUT2D eigenvalue weighted by molar-refractivity contribution is -0.121. The van der Waals surface area contributed by atoms with Crippen LogP contribution in [0, 0.1) is 6.92 Å². The van der Waals surface area contributed by atoms with Crippen LogP contribution < -0.4 is 14.8 Å². The first-order chi connectivity index (χ1) is 12.1. The van der Waals surface area contributed by atoms with E-state index >= 15 is 0 Å². The molecule has 2 aromatic rings. The van der Waals surface area contributed by atoms with E-state index in [4.69, 9.17) is 9.47 Å². The summed E-state index contributed by atoms with van der Waals surface area (Å²) >= 11 is 0. The van der Waals surface area contributed by atoms with Crippen molar-refractivity contribution in [3.63, 3.8) is 0 Å². The molecular weight excluding hydrogens is 318 g/mol. The van der Waals surface area contributed by atoms with Crippen LogP contribution in [0.5, 0.6) is 11.5 Å². The molecule has 5 nitrogen and oxygen atoms in total. The van der Waals surface area contributed by atoms with Crippen LogP contribution >= 0.6 is 0 Å². The standard InChI is InChI=1S/C20H21NO4/c1-14-2-5-16(6-3-14)17(22)7-9-20(23)21-13-15-4-8-18-19(12-15)25-11-10-24-18/h2-6,8,12H,7,9-11,13H2,1H3,(H,21,23). The number of amides is 1. The van der Waals surface area contributed by atoms with Crippen molar-refractivity contribution < 1.29 is 19.1 Å². The molecule has 1 amide bonds. The highest BCUT2D eigenvalue weighted by Crippen LogP contribution is 2.30. The maximum absolute atomic E-state index is 12.1. The lowest BCUT2D eigenvalue weighted by Crippen LogP contribution is -2.23. The van der Waals surface area contributed by atoms with E-state index in [2.05, 4.69) is 5.32 Å². The van der Waals surface area contributed by atoms with Gasteiger partial charge in [-0.15, -0.1) is 0 Å². The van der Waals surface area contributed by atoms with Crippen molar-refractivity contribution in [2.24, 2.45) is 0 Å². The zero-order valence-electron chi connectivity index (χ0n) is 14.2. The zero-order chi connectivity index (χ0) is 17.6. The maximum Gasteiger partial charge on any atom is 0.220 e. The third kappa shape index (κ3) is 4.59. The van der Waals surface area contributed by atoms with Crippen molar-refractivity contribution in [3.8, 4) is 11.5 Å². The van der Waals surface area contributed by atoms with Gasteiger partial charge in [0.05, 0.1) is 0 Å². The number of carbonyl (C=O) groups excluding carboxylic acids is 2. The number of Topliss-reactive ketones (excluding diaryl/α,β-unsaturated/α-hetero) is 1. The topological polar surface area (TPSA) is 64.6 Å². The highest BCUT2D eigenvalue weighted by Gasteiger charge is 2.13. The Morgan fingerprint density at radius 2 is 1.68 bits per heavy atom. The van der Waals surface area contributed by atoms with E-state index < -0.39 is 0 Å². The fourth-order valence-corrected chi connectivity index (χ4v) is 2.60. The molecule has 1 aliphatic heterocycles. The molecule has 0 saturated carbocycles. The number of benzene rings is 2. The summed E-state index contributed by atoms with van der Waals surface area (Å²) in [6.07, 6.45) is 0.382. The third-order valence-electron chi connectivity index (χ3n) is 4.05. The van der Waals surface area contributed by atoms with Crippen LogP contribution in [-0.4, -0.2) is 24.9 Å². The summed E-state index contributed by atoms with van der Waals surface area (Å²) in [5, 5.41) is 2.83. The lowest BCUT2D eigenvalue weighted by Gasteiger charge is -2.19. The molecule has 25 heavy (non-hydrogen) atoms. The first kappa shape index (κ1) is 17.0. The molecule has 0 aliphatic carbocycles. The van der Waals surface area contributed by atoms with E-state index in [1.165, 1.54) is 0 Å². The molecule has 1 heterocycles. The van der Waals surface area contributed by atoms with Crippen molar-refractivity contribution in [2.75, 3.05) is 13.2 Å². The second-order valence-corrected chi connectivity index (χ2v) is 6.04. The highest BCUT2D eigenvalue weighted by molar-refractivity contribution is 5.97. The van der Waals surface area contributed by atoms with Crippen molar-refractivity contribution in [1.29, 1.82) is 0 Å². The van der Waals surface area contributed by atoms with E-state index in [0.717, 1.165) is 16.9 Å². The SMILES string of the molecule is Cc1ccc(C(=O)CCC(=O)NCc2ccc3c(c2)OCCO3)cc1. The minimum absolute atomic E-state index is 0.0190. The van der Waals surface area contributed by atoms with Crippen LogP contribution in [0.2, 0.25) is 0 Å². The summed E-state index contributed by atoms with van der Waals surface area (Å²) in [7, 11) is 0. The molecule has 1 aliphatic rings. The molecule has 0 radical (unpaired) electrons. The first-order valence-corrected chi connectivity index (χ1v) is 8.37. The van der Waals surface area contributed by atoms with Gasteiger partial charge in [0.15, 0.2) is 17.3 Å². The van der Waals surface area contributed by atoms with Gasteiger partial charge < -0.3 is 14.8 Å². The fourth-order valence-electron chi connectivity index (χ4n) is 2.60. The Balaban J connectivity index is 1.46. The summed E-state index contributed by atoms with van der Waals surface area (Å²) < 4.78 is 11.0. The van der Waals surface area contributed by atoms with Crippen molar-refractivity contribution >= 4 is 11.7 Å². The molecule has 1 N–H and O–H groups in total. The summed E-state index contributed by atoms with van der Waals surface area (Å²) in [6.45, 7) is 3.45. The van der Waals surface area contributed by atoms with E-state index in [1.54, 1.807) is 12.1 Å². The second kappa shape index (κ2) is 7.83. The molecule has 5 heteroatoms. The van der Waals surface area contributed by atoms with Gasteiger partial charge in [-0.25, -0.2) is 0 Å². The van der Waals surface area contributed by atoms with E-state index in [9.17, 15) is 9.59 Å². The number of rotatable bonds is 6. The Labute approximate surface area is 147 Å². The van der Waals surface area contributed by atoms with Crippen LogP contribution in [0.4, 0.5) is 0 Å². The fraction of sp³-hybridized carbons (Fsp3) is 0.300. The molecular formula is C20H21NO4. The molecule has 0 aromatic heterocycles. The molecule has 0 atom stereocenters. The number of fused-ring (bicyclic) bond motifs is 1. The largest absolute Gasteiger partial charge is 0.486 e. The molecule has 0 bridgehead atoms. The van der Waals surface area contributed by atoms with Crippen molar-refractivity contribution in [1.82, 2.24) is 5.32 Å². The number of hydrogen-bond donors (Lipinski definition) is 1. The van der Waals surface area contributed by atoms with Crippen molar-refractivity contribution in [3.05, 3.63) is 59.2 Å². The predicted octanol–water partition coefficient (Wildman–Crippen LogP) is 3.05. The number of ketones is 1. The van der Waals surface area contributed by atoms with Gasteiger partial charge in [-0.05, 0) is 24.6 Å². The summed E-state index contributed by atoms with van der Waals surface area (Å²) in [6, 6.07) is 13.0. The number of carbonyl (C=O) groups is 2. The van der Waals surface area contributed by atoms with E-state index in [0.29, 0.717) is 31.1 Å². The molecule has 0 spiro atoms. The molecule has 0 saturated heterocycles. The molecule has 130 valence electrons. The zero-order valence-corrected chi connectivity index (χ0v) is 14.2. The number of hydrogen-bond acceptors (Lipinski definition) is 4. The molecule has 3 rings (SSSR count). The molecule has 2 aromatic carbocycles. The number of nitrogens with one attached hydrogen (secondary N) is 1. The normalized spacial score (nSPS) is 12.5. The maximum atomic E-state index is 12.1. The van der Waals surface area contributed by atoms with Gasteiger partial charge in [-0.2, -0.15) is 0 Å². The van der Waals surface area contributed by atoms with Gasteiger partial charge in [0.25, 0.3) is 0 Å².